The van der Waals surface area contributed by atoms with Crippen LogP contribution in [-0.2, 0) is 4.79 Å². The Morgan fingerprint density at radius 1 is 1.36 bits per heavy atom. The molecule has 1 aromatic carbocycles. The average molecular weight is 315 g/mol. The molecule has 1 aliphatic rings. The maximum atomic E-state index is 12.4. The maximum absolute atomic E-state index is 12.4. The molecular weight excluding hydrogens is 300 g/mol. The van der Waals surface area contributed by atoms with Crippen LogP contribution in [0.1, 0.15) is 23.2 Å². The Morgan fingerprint density at radius 3 is 2.68 bits per heavy atom. The summed E-state index contributed by atoms with van der Waals surface area (Å²) in [6.07, 6.45) is 0.955. The number of halogens is 2. The number of hydrogen-bond acceptors (Lipinski definition) is 4. The standard InChI is InChI=1S/C14H15F2NO5/c1-21-10-5-4-8(7-11(10)22-14(15)16)12(18)17-6-2-3-9(17)13(19)20/h4-5,7,9,14H,2-3,6H2,1H3,(H,19,20)/t9-/m0/s1. The molecule has 1 atom stereocenters. The van der Waals surface area contributed by atoms with Crippen molar-refractivity contribution in [1.82, 2.24) is 4.90 Å². The highest BCUT2D eigenvalue weighted by Gasteiger charge is 2.34. The van der Waals surface area contributed by atoms with Crippen LogP contribution in [0.2, 0.25) is 0 Å². The first-order valence-corrected chi connectivity index (χ1v) is 6.60. The fourth-order valence-electron chi connectivity index (χ4n) is 2.43. The third-order valence-electron chi connectivity index (χ3n) is 3.43. The Balaban J connectivity index is 2.28. The molecule has 1 fully saturated rings. The molecule has 1 aromatic rings. The summed E-state index contributed by atoms with van der Waals surface area (Å²) in [5, 5.41) is 9.10. The van der Waals surface area contributed by atoms with Gasteiger partial charge in [0.05, 0.1) is 7.11 Å². The SMILES string of the molecule is COc1ccc(C(=O)N2CCC[C@H]2C(=O)O)cc1OC(F)F. The fraction of sp³-hybridized carbons (Fsp3) is 0.429. The molecule has 0 saturated carbocycles. The number of carbonyl (C=O) groups is 2. The Morgan fingerprint density at radius 2 is 2.09 bits per heavy atom. The van der Waals surface area contributed by atoms with Gasteiger partial charge in [-0.3, -0.25) is 4.79 Å². The molecule has 1 aliphatic heterocycles. The van der Waals surface area contributed by atoms with Gasteiger partial charge in [0.25, 0.3) is 5.91 Å². The molecule has 8 heteroatoms. The lowest BCUT2D eigenvalue weighted by Gasteiger charge is -2.22. The zero-order valence-corrected chi connectivity index (χ0v) is 11.8. The number of alkyl halides is 2. The minimum atomic E-state index is -3.06. The Hall–Kier alpha value is -2.38. The van der Waals surface area contributed by atoms with E-state index in [0.717, 1.165) is 6.07 Å². The van der Waals surface area contributed by atoms with Gasteiger partial charge in [0.1, 0.15) is 6.04 Å². The van der Waals surface area contributed by atoms with Gasteiger partial charge in [0.2, 0.25) is 0 Å². The van der Waals surface area contributed by atoms with Gasteiger partial charge in [0.15, 0.2) is 11.5 Å². The van der Waals surface area contributed by atoms with Gasteiger partial charge in [-0.2, -0.15) is 8.78 Å². The van der Waals surface area contributed by atoms with E-state index in [1.54, 1.807) is 0 Å². The van der Waals surface area contributed by atoms with E-state index in [0.29, 0.717) is 19.4 Å². The Kier molecular flexibility index (Phi) is 4.79. The summed E-state index contributed by atoms with van der Waals surface area (Å²) in [6, 6.07) is 2.95. The number of aliphatic carboxylic acids is 1. The van der Waals surface area contributed by atoms with Crippen LogP contribution in [0.3, 0.4) is 0 Å². The smallest absolute Gasteiger partial charge is 0.387 e. The third kappa shape index (κ3) is 3.26. The van der Waals surface area contributed by atoms with Crippen LogP contribution in [0.15, 0.2) is 18.2 Å². The zero-order valence-electron chi connectivity index (χ0n) is 11.8. The summed E-state index contributed by atoms with van der Waals surface area (Å²) in [5.41, 5.74) is 0.0737. The Bertz CT molecular complexity index is 578. The summed E-state index contributed by atoms with van der Waals surface area (Å²) in [6.45, 7) is -2.75. The van der Waals surface area contributed by atoms with Gasteiger partial charge >= 0.3 is 12.6 Å². The van der Waals surface area contributed by atoms with E-state index in [1.165, 1.54) is 24.1 Å². The van der Waals surface area contributed by atoms with Crippen molar-refractivity contribution >= 4 is 11.9 Å². The highest BCUT2D eigenvalue weighted by atomic mass is 19.3. The minimum absolute atomic E-state index is 0.0630. The number of likely N-dealkylation sites (tertiary alicyclic amines) is 1. The van der Waals surface area contributed by atoms with Crippen LogP contribution < -0.4 is 9.47 Å². The second-order valence-electron chi connectivity index (χ2n) is 4.74. The van der Waals surface area contributed by atoms with E-state index in [9.17, 15) is 18.4 Å². The van der Waals surface area contributed by atoms with E-state index < -0.39 is 24.5 Å². The number of carboxylic acids is 1. The monoisotopic (exact) mass is 315 g/mol. The largest absolute Gasteiger partial charge is 0.493 e. The predicted octanol–water partition coefficient (Wildman–Crippen LogP) is 1.99. The summed E-state index contributed by atoms with van der Waals surface area (Å²) in [4.78, 5) is 24.7. The minimum Gasteiger partial charge on any atom is -0.493 e. The number of amides is 1. The van der Waals surface area contributed by atoms with Gasteiger partial charge in [-0.15, -0.1) is 0 Å². The van der Waals surface area contributed by atoms with Crippen molar-refractivity contribution in [3.8, 4) is 11.5 Å². The van der Waals surface area contributed by atoms with Crippen LogP contribution >= 0.6 is 0 Å². The molecular formula is C14H15F2NO5. The number of benzene rings is 1. The van der Waals surface area contributed by atoms with Crippen LogP contribution in [0.4, 0.5) is 8.78 Å². The lowest BCUT2D eigenvalue weighted by molar-refractivity contribution is -0.141. The van der Waals surface area contributed by atoms with Crippen LogP contribution in [-0.4, -0.2) is 48.2 Å². The molecule has 0 spiro atoms. The second kappa shape index (κ2) is 6.59. The topological polar surface area (TPSA) is 76.1 Å². The van der Waals surface area contributed by atoms with E-state index >= 15 is 0 Å². The maximum Gasteiger partial charge on any atom is 0.387 e. The molecule has 0 unspecified atom stereocenters. The second-order valence-corrected chi connectivity index (χ2v) is 4.74. The van der Waals surface area contributed by atoms with Crippen molar-refractivity contribution in [2.75, 3.05) is 13.7 Å². The molecule has 2 rings (SSSR count). The normalized spacial score (nSPS) is 17.6. The van der Waals surface area contributed by atoms with Crippen LogP contribution in [0, 0.1) is 0 Å². The number of carboxylic acid groups (broad SMARTS) is 1. The predicted molar refractivity (Wildman–Crippen MR) is 71.3 cm³/mol. The lowest BCUT2D eigenvalue weighted by Crippen LogP contribution is -2.40. The number of ether oxygens (including phenoxy) is 2. The summed E-state index contributed by atoms with van der Waals surface area (Å²) < 4.78 is 34.0. The van der Waals surface area contributed by atoms with E-state index in [1.807, 2.05) is 0 Å². The number of methoxy groups -OCH3 is 1. The van der Waals surface area contributed by atoms with Crippen molar-refractivity contribution in [1.29, 1.82) is 0 Å². The molecule has 1 amide bonds. The summed E-state index contributed by atoms with van der Waals surface area (Å²) in [7, 11) is 1.29. The number of nitrogens with zero attached hydrogens (tertiary/aromatic N) is 1. The fourth-order valence-corrected chi connectivity index (χ4v) is 2.43. The number of hydrogen-bond donors (Lipinski definition) is 1. The highest BCUT2D eigenvalue weighted by molar-refractivity contribution is 5.97. The highest BCUT2D eigenvalue weighted by Crippen LogP contribution is 2.31. The molecule has 120 valence electrons. The van der Waals surface area contributed by atoms with Crippen molar-refractivity contribution < 1.29 is 33.0 Å². The van der Waals surface area contributed by atoms with Crippen molar-refractivity contribution in [3.63, 3.8) is 0 Å². The molecule has 1 N–H and O–H groups in total. The first-order chi connectivity index (χ1) is 10.4. The average Bonchev–Trinajstić information content (AvgIpc) is 2.95. The first kappa shape index (κ1) is 16.0. The number of rotatable bonds is 5. The molecule has 1 heterocycles. The van der Waals surface area contributed by atoms with E-state index in [2.05, 4.69) is 4.74 Å². The third-order valence-corrected chi connectivity index (χ3v) is 3.43. The van der Waals surface area contributed by atoms with Gasteiger partial charge in [-0.1, -0.05) is 0 Å². The molecule has 0 aromatic heterocycles. The van der Waals surface area contributed by atoms with Crippen LogP contribution in [0.25, 0.3) is 0 Å². The molecule has 22 heavy (non-hydrogen) atoms. The quantitative estimate of drug-likeness (QED) is 0.899. The van der Waals surface area contributed by atoms with Gasteiger partial charge in [-0.25, -0.2) is 4.79 Å². The first-order valence-electron chi connectivity index (χ1n) is 6.60. The lowest BCUT2D eigenvalue weighted by atomic mass is 10.1. The Labute approximate surface area is 125 Å². The summed E-state index contributed by atoms with van der Waals surface area (Å²) >= 11 is 0. The molecule has 6 nitrogen and oxygen atoms in total. The van der Waals surface area contributed by atoms with E-state index in [-0.39, 0.29) is 17.1 Å². The van der Waals surface area contributed by atoms with E-state index in [4.69, 9.17) is 9.84 Å². The molecule has 0 bridgehead atoms. The molecule has 1 saturated heterocycles. The zero-order chi connectivity index (χ0) is 16.3. The van der Waals surface area contributed by atoms with Gasteiger partial charge < -0.3 is 19.5 Å². The van der Waals surface area contributed by atoms with Gasteiger partial charge in [0, 0.05) is 12.1 Å². The van der Waals surface area contributed by atoms with Crippen LogP contribution in [0.5, 0.6) is 11.5 Å². The van der Waals surface area contributed by atoms with Gasteiger partial charge in [-0.05, 0) is 31.0 Å². The summed E-state index contributed by atoms with van der Waals surface area (Å²) in [5.74, 6) is -1.82. The van der Waals surface area contributed by atoms with Crippen molar-refractivity contribution in [3.05, 3.63) is 23.8 Å². The molecule has 0 aliphatic carbocycles. The molecule has 0 radical (unpaired) electrons. The van der Waals surface area contributed by atoms with Crippen molar-refractivity contribution in [2.24, 2.45) is 0 Å². The van der Waals surface area contributed by atoms with Crippen molar-refractivity contribution in [2.45, 2.75) is 25.5 Å². The number of carbonyl (C=O) groups excluding carboxylic acids is 1.